The summed E-state index contributed by atoms with van der Waals surface area (Å²) < 4.78 is 6.33. The van der Waals surface area contributed by atoms with Crippen LogP contribution in [-0.4, -0.2) is 0 Å². The predicted octanol–water partition coefficient (Wildman–Crippen LogP) is 11.5. The number of para-hydroxylation sites is 3. The van der Waals surface area contributed by atoms with E-state index in [1.165, 1.54) is 21.9 Å². The zero-order valence-corrected chi connectivity index (χ0v) is 22.9. The minimum Gasteiger partial charge on any atom is -0.455 e. The minimum atomic E-state index is 0.915. The second-order valence-corrected chi connectivity index (χ2v) is 10.6. The number of hydrogen-bond acceptors (Lipinski definition) is 2. The zero-order valence-electron chi connectivity index (χ0n) is 22.9. The third kappa shape index (κ3) is 4.13. The number of anilines is 3. The van der Waals surface area contributed by atoms with Crippen LogP contribution in [0.15, 0.2) is 168 Å². The molecule has 1 heterocycles. The molecule has 0 aliphatic rings. The quantitative estimate of drug-likeness (QED) is 0.217. The summed E-state index contributed by atoms with van der Waals surface area (Å²) in [6.45, 7) is 0. The van der Waals surface area contributed by atoms with Crippen LogP contribution in [0.25, 0.3) is 55.0 Å². The number of hydrogen-bond donors (Lipinski definition) is 0. The Kier molecular flexibility index (Phi) is 5.82. The molecule has 0 saturated carbocycles. The summed E-state index contributed by atoms with van der Waals surface area (Å²) in [5.41, 5.74) is 9.80. The van der Waals surface area contributed by atoms with E-state index in [9.17, 15) is 0 Å². The van der Waals surface area contributed by atoms with E-state index in [2.05, 4.69) is 157 Å². The molecule has 0 fully saturated rings. The Labute approximate surface area is 244 Å². The lowest BCUT2D eigenvalue weighted by molar-refractivity contribution is 0.670. The van der Waals surface area contributed by atoms with Gasteiger partial charge in [0.1, 0.15) is 11.2 Å². The van der Waals surface area contributed by atoms with Crippen LogP contribution in [-0.2, 0) is 0 Å². The molecule has 42 heavy (non-hydrogen) atoms. The normalized spacial score (nSPS) is 11.3. The van der Waals surface area contributed by atoms with Gasteiger partial charge in [-0.3, -0.25) is 0 Å². The zero-order chi connectivity index (χ0) is 27.9. The third-order valence-electron chi connectivity index (χ3n) is 8.06. The lowest BCUT2D eigenvalue weighted by Crippen LogP contribution is -2.09. The number of furan rings is 1. The van der Waals surface area contributed by atoms with Crippen molar-refractivity contribution in [3.63, 3.8) is 0 Å². The van der Waals surface area contributed by atoms with Gasteiger partial charge >= 0.3 is 0 Å². The van der Waals surface area contributed by atoms with Gasteiger partial charge in [-0.2, -0.15) is 0 Å². The molecule has 8 aromatic rings. The molecular weight excluding hydrogens is 510 g/mol. The first-order chi connectivity index (χ1) is 20.8. The van der Waals surface area contributed by atoms with E-state index in [-0.39, 0.29) is 0 Å². The first-order valence-electron chi connectivity index (χ1n) is 14.3. The maximum absolute atomic E-state index is 6.33. The molecule has 0 atom stereocenters. The lowest BCUT2D eigenvalue weighted by atomic mass is 9.97. The van der Waals surface area contributed by atoms with Gasteiger partial charge in [0.2, 0.25) is 0 Å². The molecule has 2 nitrogen and oxygen atoms in total. The van der Waals surface area contributed by atoms with E-state index < -0.39 is 0 Å². The average Bonchev–Trinajstić information content (AvgIpc) is 3.45. The van der Waals surface area contributed by atoms with Crippen molar-refractivity contribution in [2.45, 2.75) is 0 Å². The predicted molar refractivity (Wildman–Crippen MR) is 177 cm³/mol. The van der Waals surface area contributed by atoms with Gasteiger partial charge in [-0.05, 0) is 69.9 Å². The summed E-state index contributed by atoms with van der Waals surface area (Å²) in [6.07, 6.45) is 0. The molecule has 1 aromatic heterocycles. The maximum atomic E-state index is 6.33. The minimum absolute atomic E-state index is 0.915. The van der Waals surface area contributed by atoms with E-state index in [0.29, 0.717) is 0 Å². The van der Waals surface area contributed by atoms with E-state index >= 15 is 0 Å². The maximum Gasteiger partial charge on any atom is 0.143 e. The summed E-state index contributed by atoms with van der Waals surface area (Å²) in [5.74, 6) is 0. The Hall–Kier alpha value is -5.60. The van der Waals surface area contributed by atoms with Gasteiger partial charge in [-0.25, -0.2) is 0 Å². The fourth-order valence-corrected chi connectivity index (χ4v) is 6.08. The molecule has 0 spiro atoms. The van der Waals surface area contributed by atoms with Crippen molar-refractivity contribution in [3.8, 4) is 22.3 Å². The molecule has 0 N–H and O–H groups in total. The molecule has 0 bridgehead atoms. The molecule has 7 aromatic carbocycles. The topological polar surface area (TPSA) is 16.4 Å². The second-order valence-electron chi connectivity index (χ2n) is 10.6. The van der Waals surface area contributed by atoms with E-state index in [1.807, 2.05) is 12.1 Å². The van der Waals surface area contributed by atoms with Crippen LogP contribution in [0.4, 0.5) is 17.1 Å². The van der Waals surface area contributed by atoms with Crippen molar-refractivity contribution in [1.82, 2.24) is 0 Å². The van der Waals surface area contributed by atoms with Crippen LogP contribution in [0.1, 0.15) is 0 Å². The highest BCUT2D eigenvalue weighted by atomic mass is 16.3. The number of rotatable bonds is 5. The standard InChI is InChI=1S/C40H27NO/c1-2-14-31(15-3-1)41(33-16-8-13-30(27-33)35-19-9-12-28-11-4-5-17-34(28)35)32-25-23-29(24-26-32)36-20-10-21-38-37-18-6-7-22-39(37)42-40(36)38/h1-27H. The summed E-state index contributed by atoms with van der Waals surface area (Å²) in [5, 5.41) is 4.79. The van der Waals surface area contributed by atoms with Gasteiger partial charge < -0.3 is 9.32 Å². The van der Waals surface area contributed by atoms with Gasteiger partial charge in [0.15, 0.2) is 0 Å². The summed E-state index contributed by atoms with van der Waals surface area (Å²) >= 11 is 0. The number of benzene rings is 7. The molecule has 8 rings (SSSR count). The molecule has 0 radical (unpaired) electrons. The van der Waals surface area contributed by atoms with Crippen LogP contribution in [0.3, 0.4) is 0 Å². The first-order valence-corrected chi connectivity index (χ1v) is 14.3. The highest BCUT2D eigenvalue weighted by Crippen LogP contribution is 2.40. The monoisotopic (exact) mass is 537 g/mol. The molecule has 0 amide bonds. The summed E-state index contributed by atoms with van der Waals surface area (Å²) in [4.78, 5) is 2.32. The van der Waals surface area contributed by atoms with Crippen molar-refractivity contribution < 1.29 is 4.42 Å². The first kappa shape index (κ1) is 24.2. The Morgan fingerprint density at radius 3 is 1.88 bits per heavy atom. The van der Waals surface area contributed by atoms with Gasteiger partial charge in [-0.1, -0.05) is 121 Å². The Balaban J connectivity index is 1.23. The Morgan fingerprint density at radius 2 is 1.00 bits per heavy atom. The van der Waals surface area contributed by atoms with E-state index in [4.69, 9.17) is 4.42 Å². The van der Waals surface area contributed by atoms with Crippen LogP contribution in [0.2, 0.25) is 0 Å². The lowest BCUT2D eigenvalue weighted by Gasteiger charge is -2.26. The molecule has 0 aliphatic carbocycles. The number of nitrogens with zero attached hydrogens (tertiary/aromatic N) is 1. The highest BCUT2D eigenvalue weighted by molar-refractivity contribution is 6.09. The largest absolute Gasteiger partial charge is 0.455 e. The van der Waals surface area contributed by atoms with Gasteiger partial charge in [0.05, 0.1) is 0 Å². The molecule has 0 unspecified atom stereocenters. The van der Waals surface area contributed by atoms with Gasteiger partial charge in [-0.15, -0.1) is 0 Å². The van der Waals surface area contributed by atoms with Crippen molar-refractivity contribution in [1.29, 1.82) is 0 Å². The summed E-state index contributed by atoms with van der Waals surface area (Å²) in [7, 11) is 0. The summed E-state index contributed by atoms with van der Waals surface area (Å²) in [6, 6.07) is 57.9. The van der Waals surface area contributed by atoms with Crippen LogP contribution in [0, 0.1) is 0 Å². The molecular formula is C40H27NO. The molecule has 2 heteroatoms. The second kappa shape index (κ2) is 10.1. The van der Waals surface area contributed by atoms with Crippen LogP contribution >= 0.6 is 0 Å². The Bertz CT molecular complexity index is 2190. The SMILES string of the molecule is c1ccc(N(c2ccc(-c3cccc4c3oc3ccccc34)cc2)c2cccc(-c3cccc4ccccc34)c2)cc1. The van der Waals surface area contributed by atoms with Crippen molar-refractivity contribution in [3.05, 3.63) is 164 Å². The molecule has 0 saturated heterocycles. The van der Waals surface area contributed by atoms with E-state index in [1.54, 1.807) is 0 Å². The average molecular weight is 538 g/mol. The van der Waals surface area contributed by atoms with Crippen molar-refractivity contribution in [2.24, 2.45) is 0 Å². The fourth-order valence-electron chi connectivity index (χ4n) is 6.08. The highest BCUT2D eigenvalue weighted by Gasteiger charge is 2.16. The third-order valence-corrected chi connectivity index (χ3v) is 8.06. The van der Waals surface area contributed by atoms with Gasteiger partial charge in [0, 0.05) is 33.4 Å². The fraction of sp³-hybridized carbons (Fsp3) is 0. The Morgan fingerprint density at radius 1 is 0.381 bits per heavy atom. The van der Waals surface area contributed by atoms with Crippen LogP contribution in [0.5, 0.6) is 0 Å². The molecule has 0 aliphatic heterocycles. The van der Waals surface area contributed by atoms with E-state index in [0.717, 1.165) is 50.1 Å². The van der Waals surface area contributed by atoms with Crippen molar-refractivity contribution >= 4 is 49.8 Å². The molecule has 198 valence electrons. The van der Waals surface area contributed by atoms with Crippen molar-refractivity contribution in [2.75, 3.05) is 4.90 Å². The van der Waals surface area contributed by atoms with Crippen LogP contribution < -0.4 is 4.90 Å². The number of fused-ring (bicyclic) bond motifs is 4. The van der Waals surface area contributed by atoms with Gasteiger partial charge in [0.25, 0.3) is 0 Å². The smallest absolute Gasteiger partial charge is 0.143 e.